The molecule has 0 radical (unpaired) electrons. The highest BCUT2D eigenvalue weighted by molar-refractivity contribution is 8.00. The molecule has 10 heteroatoms. The Morgan fingerprint density at radius 3 is 2.31 bits per heavy atom. The van der Waals surface area contributed by atoms with E-state index in [1.807, 2.05) is 54.6 Å². The maximum absolute atomic E-state index is 14.0. The zero-order valence-electron chi connectivity index (χ0n) is 28.5. The van der Waals surface area contributed by atoms with E-state index in [-0.39, 0.29) is 23.9 Å². The molecule has 8 nitrogen and oxygen atoms in total. The molecule has 0 fully saturated rings. The first-order valence-corrected chi connectivity index (χ1v) is 18.7. The average Bonchev–Trinajstić information content (AvgIpc) is 3.14. The monoisotopic (exact) mass is 724 g/mol. The standard InChI is InChI=1S/C41H40O8S2/c1-4-6-25-46-32-18-20-34(21-19-32)50-39-23-17-31(27-40(39)51(44,45)49-33-12-8-7-9-13-33)35-14-10-11-15-36(35)41(48-29(3)43)37-26-30(28-42)16-22-38(37)47-24-5-2/h5,7-23,26-27,41-42H,2,4,6,24-25,28H2,1,3H3. The van der Waals surface area contributed by atoms with Crippen LogP contribution in [0.15, 0.2) is 143 Å². The van der Waals surface area contributed by atoms with Gasteiger partial charge in [-0.3, -0.25) is 4.79 Å². The van der Waals surface area contributed by atoms with Crippen LogP contribution >= 0.6 is 11.8 Å². The normalized spacial score (nSPS) is 11.7. The number of esters is 1. The smallest absolute Gasteiger partial charge is 0.340 e. The van der Waals surface area contributed by atoms with Crippen molar-refractivity contribution in [3.63, 3.8) is 0 Å². The Bertz CT molecular complexity index is 2040. The average molecular weight is 725 g/mol. The number of hydrogen-bond donors (Lipinski definition) is 1. The van der Waals surface area contributed by atoms with Gasteiger partial charge in [0.05, 0.1) is 13.2 Å². The molecule has 264 valence electrons. The highest BCUT2D eigenvalue weighted by atomic mass is 32.2. The van der Waals surface area contributed by atoms with E-state index in [1.165, 1.54) is 18.7 Å². The minimum absolute atomic E-state index is 0.0340. The van der Waals surface area contributed by atoms with Crippen molar-refractivity contribution in [2.45, 2.75) is 54.1 Å². The minimum Gasteiger partial charge on any atom is -0.494 e. The molecule has 0 aliphatic rings. The molecule has 0 amide bonds. The van der Waals surface area contributed by atoms with Crippen LogP contribution < -0.4 is 13.7 Å². The number of rotatable bonds is 17. The van der Waals surface area contributed by atoms with E-state index in [2.05, 4.69) is 13.5 Å². The van der Waals surface area contributed by atoms with Crippen molar-refractivity contribution in [3.8, 4) is 28.4 Å². The zero-order chi connectivity index (χ0) is 36.2. The molecule has 0 heterocycles. The van der Waals surface area contributed by atoms with Gasteiger partial charge in [0.25, 0.3) is 0 Å². The first-order valence-electron chi connectivity index (χ1n) is 16.5. The van der Waals surface area contributed by atoms with Gasteiger partial charge in [0.1, 0.15) is 28.8 Å². The Hall–Kier alpha value is -5.03. The number of ether oxygens (including phenoxy) is 3. The number of aliphatic hydroxyl groups is 1. The van der Waals surface area contributed by atoms with E-state index in [0.29, 0.717) is 45.1 Å². The van der Waals surface area contributed by atoms with Crippen molar-refractivity contribution < 1.29 is 36.7 Å². The maximum Gasteiger partial charge on any atom is 0.340 e. The third-order valence-corrected chi connectivity index (χ3v) is 10.2. The summed E-state index contributed by atoms with van der Waals surface area (Å²) in [5, 5.41) is 9.96. The Balaban J connectivity index is 1.61. The van der Waals surface area contributed by atoms with Crippen LogP contribution in [0.4, 0.5) is 0 Å². The van der Waals surface area contributed by atoms with Gasteiger partial charge in [-0.1, -0.05) is 92.4 Å². The van der Waals surface area contributed by atoms with E-state index >= 15 is 0 Å². The molecule has 0 spiro atoms. The van der Waals surface area contributed by atoms with Crippen LogP contribution in [0.3, 0.4) is 0 Å². The van der Waals surface area contributed by atoms with Gasteiger partial charge in [0.2, 0.25) is 0 Å². The number of benzene rings is 5. The molecule has 51 heavy (non-hydrogen) atoms. The van der Waals surface area contributed by atoms with Gasteiger partial charge in [-0.05, 0) is 83.8 Å². The van der Waals surface area contributed by atoms with Crippen LogP contribution in [0.5, 0.6) is 17.2 Å². The van der Waals surface area contributed by atoms with E-state index < -0.39 is 22.2 Å². The topological polar surface area (TPSA) is 108 Å². The maximum atomic E-state index is 14.0. The van der Waals surface area contributed by atoms with Crippen LogP contribution in [0.25, 0.3) is 11.1 Å². The van der Waals surface area contributed by atoms with Crippen molar-refractivity contribution in [1.29, 1.82) is 0 Å². The molecule has 1 unspecified atom stereocenters. The second-order valence-corrected chi connectivity index (χ2v) is 14.1. The van der Waals surface area contributed by atoms with E-state index in [0.717, 1.165) is 23.5 Å². The largest absolute Gasteiger partial charge is 0.494 e. The summed E-state index contributed by atoms with van der Waals surface area (Å²) in [5.74, 6) is 0.830. The molecule has 0 bridgehead atoms. The summed E-state index contributed by atoms with van der Waals surface area (Å²) in [6.45, 7) is 7.74. The fourth-order valence-electron chi connectivity index (χ4n) is 5.30. The molecule has 0 saturated heterocycles. The fraction of sp³-hybridized carbons (Fsp3) is 0.195. The van der Waals surface area contributed by atoms with Gasteiger partial charge in [-0.15, -0.1) is 0 Å². The van der Waals surface area contributed by atoms with Crippen molar-refractivity contribution in [1.82, 2.24) is 0 Å². The Morgan fingerprint density at radius 1 is 0.863 bits per heavy atom. The molecule has 0 saturated carbocycles. The van der Waals surface area contributed by atoms with Gasteiger partial charge < -0.3 is 23.5 Å². The molecule has 0 aliphatic carbocycles. The molecule has 0 aromatic heterocycles. The molecule has 5 aromatic rings. The van der Waals surface area contributed by atoms with Gasteiger partial charge in [0, 0.05) is 27.8 Å². The summed E-state index contributed by atoms with van der Waals surface area (Å²) < 4.78 is 51.4. The lowest BCUT2D eigenvalue weighted by molar-refractivity contribution is -0.144. The zero-order valence-corrected chi connectivity index (χ0v) is 30.1. The summed E-state index contributed by atoms with van der Waals surface area (Å²) in [6, 6.07) is 33.4. The predicted octanol–water partition coefficient (Wildman–Crippen LogP) is 9.16. The third-order valence-electron chi connectivity index (χ3n) is 7.71. The van der Waals surface area contributed by atoms with Crippen LogP contribution in [0.2, 0.25) is 0 Å². The summed E-state index contributed by atoms with van der Waals surface area (Å²) in [6.07, 6.45) is 2.63. The second-order valence-electron chi connectivity index (χ2n) is 11.5. The fourth-order valence-corrected chi connectivity index (χ4v) is 7.59. The number of para-hydroxylation sites is 1. The summed E-state index contributed by atoms with van der Waals surface area (Å²) >= 11 is 1.29. The van der Waals surface area contributed by atoms with Gasteiger partial charge in [-0.25, -0.2) is 0 Å². The van der Waals surface area contributed by atoms with Gasteiger partial charge in [0.15, 0.2) is 6.10 Å². The van der Waals surface area contributed by atoms with Gasteiger partial charge in [-0.2, -0.15) is 8.42 Å². The van der Waals surface area contributed by atoms with Crippen molar-refractivity contribution >= 4 is 27.8 Å². The molecule has 5 rings (SSSR count). The van der Waals surface area contributed by atoms with E-state index in [9.17, 15) is 18.3 Å². The van der Waals surface area contributed by atoms with Crippen LogP contribution in [0, 0.1) is 0 Å². The first-order chi connectivity index (χ1) is 24.7. The number of unbranched alkanes of at least 4 members (excludes halogenated alkanes) is 1. The number of carbonyl (C=O) groups is 1. The molecule has 5 aromatic carbocycles. The summed E-state index contributed by atoms with van der Waals surface area (Å²) in [7, 11) is -4.34. The molecule has 0 aliphatic heterocycles. The van der Waals surface area contributed by atoms with Gasteiger partial charge >= 0.3 is 16.1 Å². The van der Waals surface area contributed by atoms with E-state index in [4.69, 9.17) is 18.4 Å². The molecular formula is C41H40O8S2. The SMILES string of the molecule is C=CCOc1ccc(CO)cc1C(OC(C)=O)c1ccccc1-c1ccc(Sc2ccc(OCCCC)cc2)c(S(=O)(=O)Oc2ccccc2)c1. The second kappa shape index (κ2) is 17.8. The van der Waals surface area contributed by atoms with E-state index in [1.54, 1.807) is 66.7 Å². The van der Waals surface area contributed by atoms with Crippen LogP contribution in [0.1, 0.15) is 49.5 Å². The Labute approximate surface area is 303 Å². The lowest BCUT2D eigenvalue weighted by Crippen LogP contribution is -2.14. The number of aliphatic hydroxyl groups excluding tert-OH is 1. The van der Waals surface area contributed by atoms with Crippen molar-refractivity contribution in [3.05, 3.63) is 145 Å². The highest BCUT2D eigenvalue weighted by Crippen LogP contribution is 2.42. The highest BCUT2D eigenvalue weighted by Gasteiger charge is 2.27. The molecular weight excluding hydrogens is 685 g/mol. The lowest BCUT2D eigenvalue weighted by atomic mass is 9.91. The summed E-state index contributed by atoms with van der Waals surface area (Å²) in [4.78, 5) is 13.8. The van der Waals surface area contributed by atoms with Crippen LogP contribution in [-0.2, 0) is 26.3 Å². The first kappa shape index (κ1) is 37.2. The van der Waals surface area contributed by atoms with Crippen molar-refractivity contribution in [2.75, 3.05) is 13.2 Å². The predicted molar refractivity (Wildman–Crippen MR) is 199 cm³/mol. The Morgan fingerprint density at radius 2 is 1.61 bits per heavy atom. The Kier molecular flexibility index (Phi) is 13.0. The lowest BCUT2D eigenvalue weighted by Gasteiger charge is -2.24. The molecule has 1 atom stereocenters. The van der Waals surface area contributed by atoms with Crippen LogP contribution in [-0.4, -0.2) is 32.7 Å². The third kappa shape index (κ3) is 9.82. The minimum atomic E-state index is -4.34. The number of carbonyl (C=O) groups excluding carboxylic acids is 1. The number of hydrogen-bond acceptors (Lipinski definition) is 9. The summed E-state index contributed by atoms with van der Waals surface area (Å²) in [5.41, 5.74) is 2.86. The van der Waals surface area contributed by atoms with Crippen molar-refractivity contribution in [2.24, 2.45) is 0 Å². The molecule has 1 N–H and O–H groups in total. The quantitative estimate of drug-likeness (QED) is 0.0435.